The number of ether oxygens (including phenoxy) is 1. The van der Waals surface area contributed by atoms with Crippen molar-refractivity contribution < 1.29 is 9.53 Å². The number of rotatable bonds is 3. The van der Waals surface area contributed by atoms with E-state index in [0.717, 1.165) is 40.0 Å². The molecule has 1 atom stereocenters. The highest BCUT2D eigenvalue weighted by molar-refractivity contribution is 6.56. The maximum Gasteiger partial charge on any atom is 0.253 e. The Hall–Kier alpha value is -2.67. The minimum Gasteiger partial charge on any atom is -0.494 e. The number of hydrogen-bond acceptors (Lipinski definition) is 4. The van der Waals surface area contributed by atoms with Crippen LogP contribution in [0.1, 0.15) is 74.3 Å². The molecule has 1 amide bonds. The number of fused-ring (bicyclic) bond motifs is 2. The highest BCUT2D eigenvalue weighted by Gasteiger charge is 2.28. The molecule has 0 saturated carbocycles. The van der Waals surface area contributed by atoms with E-state index in [-0.39, 0.29) is 22.9 Å². The standard InChI is InChI=1S/C24H30N4O2Si/c1-14(2)20-16(13-25-28-21(24(4,5)6)15(3)26-22(20)28)23(29)27-19-11-12-30-17-9-7-8-10-18(17)31-19/h7-10,13-14,19H,11-12H2,1-6H3,(H,27,29)/t19-/m1/s1. The number of nitrogens with zero attached hydrogens (tertiary/aromatic N) is 3. The number of imidazole rings is 1. The summed E-state index contributed by atoms with van der Waals surface area (Å²) in [4.78, 5) is 18.2. The van der Waals surface area contributed by atoms with Gasteiger partial charge in [-0.3, -0.25) is 4.79 Å². The first kappa shape index (κ1) is 21.6. The predicted octanol–water partition coefficient (Wildman–Crippen LogP) is 3.33. The van der Waals surface area contributed by atoms with Gasteiger partial charge >= 0.3 is 0 Å². The first-order valence-corrected chi connectivity index (χ1v) is 11.9. The van der Waals surface area contributed by atoms with Crippen LogP contribution in [0.2, 0.25) is 0 Å². The number of carbonyl (C=O) groups is 1. The molecule has 0 unspecified atom stereocenters. The summed E-state index contributed by atoms with van der Waals surface area (Å²) < 4.78 is 7.78. The fraction of sp³-hybridized carbons (Fsp3) is 0.458. The van der Waals surface area contributed by atoms with Crippen molar-refractivity contribution in [3.05, 3.63) is 53.0 Å². The number of aryl methyl sites for hydroxylation is 1. The van der Waals surface area contributed by atoms with Crippen molar-refractivity contribution in [3.63, 3.8) is 0 Å². The molecule has 3 aromatic rings. The molecule has 0 fully saturated rings. The Morgan fingerprint density at radius 3 is 2.74 bits per heavy atom. The molecular formula is C24H30N4O2Si. The molecule has 3 heterocycles. The van der Waals surface area contributed by atoms with E-state index >= 15 is 0 Å². The summed E-state index contributed by atoms with van der Waals surface area (Å²) in [5, 5.41) is 9.05. The second kappa shape index (κ2) is 8.11. The molecule has 0 spiro atoms. The Kier molecular flexibility index (Phi) is 5.64. The van der Waals surface area contributed by atoms with Gasteiger partial charge in [-0.2, -0.15) is 5.10 Å². The number of aromatic nitrogens is 3. The molecule has 1 aliphatic heterocycles. The van der Waals surface area contributed by atoms with Crippen molar-refractivity contribution in [2.24, 2.45) is 0 Å². The monoisotopic (exact) mass is 434 g/mol. The van der Waals surface area contributed by atoms with Crippen molar-refractivity contribution in [3.8, 4) is 5.75 Å². The van der Waals surface area contributed by atoms with Crippen LogP contribution in [0.15, 0.2) is 30.5 Å². The van der Waals surface area contributed by atoms with Crippen molar-refractivity contribution >= 4 is 26.3 Å². The average Bonchev–Trinajstić information content (AvgIpc) is 2.90. The van der Waals surface area contributed by atoms with Gasteiger partial charge in [0.2, 0.25) is 0 Å². The van der Waals surface area contributed by atoms with Crippen molar-refractivity contribution in [2.45, 2.75) is 65.0 Å². The third-order valence-corrected chi connectivity index (χ3v) is 7.09. The zero-order valence-corrected chi connectivity index (χ0v) is 20.1. The van der Waals surface area contributed by atoms with E-state index in [1.807, 2.05) is 29.6 Å². The van der Waals surface area contributed by atoms with Crippen LogP contribution in [-0.4, -0.2) is 42.3 Å². The van der Waals surface area contributed by atoms with E-state index in [4.69, 9.17) is 9.72 Å². The first-order valence-electron chi connectivity index (χ1n) is 10.8. The lowest BCUT2D eigenvalue weighted by atomic mass is 9.91. The highest BCUT2D eigenvalue weighted by Crippen LogP contribution is 2.30. The molecule has 2 aromatic heterocycles. The van der Waals surface area contributed by atoms with Gasteiger partial charge < -0.3 is 10.1 Å². The number of carbonyl (C=O) groups excluding carboxylic acids is 1. The number of nitrogens with one attached hydrogen (secondary N) is 1. The Bertz CT molecular complexity index is 1130. The van der Waals surface area contributed by atoms with Crippen LogP contribution in [0.3, 0.4) is 0 Å². The summed E-state index contributed by atoms with van der Waals surface area (Å²) in [5.41, 5.74) is 4.31. The number of benzene rings is 1. The zero-order chi connectivity index (χ0) is 22.3. The second-order valence-electron chi connectivity index (χ2n) is 9.46. The van der Waals surface area contributed by atoms with Crippen LogP contribution in [0, 0.1) is 6.92 Å². The smallest absolute Gasteiger partial charge is 0.253 e. The van der Waals surface area contributed by atoms with Crippen molar-refractivity contribution in [1.29, 1.82) is 0 Å². The largest absolute Gasteiger partial charge is 0.494 e. The van der Waals surface area contributed by atoms with Crippen LogP contribution >= 0.6 is 0 Å². The zero-order valence-electron chi connectivity index (χ0n) is 19.1. The van der Waals surface area contributed by atoms with Gasteiger partial charge in [0.05, 0.1) is 29.8 Å². The Balaban J connectivity index is 1.69. The van der Waals surface area contributed by atoms with Gasteiger partial charge in [-0.1, -0.05) is 52.8 Å². The maximum absolute atomic E-state index is 13.4. The van der Waals surface area contributed by atoms with Crippen LogP contribution < -0.4 is 15.2 Å². The number of para-hydroxylation sites is 1. The molecule has 162 valence electrons. The SMILES string of the molecule is Cc1nc2c(C(C)C)c(C(=O)N[C@H]3CCOc4ccccc4[Si]3)cnn2c1C(C)(C)C. The van der Waals surface area contributed by atoms with E-state index in [1.165, 1.54) is 0 Å². The van der Waals surface area contributed by atoms with E-state index in [1.54, 1.807) is 6.20 Å². The number of hydrogen-bond donors (Lipinski definition) is 1. The molecule has 0 saturated heterocycles. The van der Waals surface area contributed by atoms with Gasteiger partial charge in [0, 0.05) is 16.6 Å². The van der Waals surface area contributed by atoms with Gasteiger partial charge in [-0.15, -0.1) is 0 Å². The molecule has 4 rings (SSSR count). The van der Waals surface area contributed by atoms with Crippen LogP contribution in [0.4, 0.5) is 0 Å². The van der Waals surface area contributed by atoms with Gasteiger partial charge in [-0.05, 0) is 30.5 Å². The fourth-order valence-corrected chi connectivity index (χ4v) is 5.65. The minimum absolute atomic E-state index is 0.0407. The van der Waals surface area contributed by atoms with Gasteiger partial charge in [0.15, 0.2) is 5.65 Å². The quantitative estimate of drug-likeness (QED) is 0.642. The lowest BCUT2D eigenvalue weighted by Gasteiger charge is -2.20. The lowest BCUT2D eigenvalue weighted by Crippen LogP contribution is -2.43. The third kappa shape index (κ3) is 4.11. The summed E-state index contributed by atoms with van der Waals surface area (Å²) in [6.45, 7) is 13.3. The van der Waals surface area contributed by atoms with E-state index in [2.05, 4.69) is 51.1 Å². The molecule has 7 heteroatoms. The topological polar surface area (TPSA) is 68.5 Å². The second-order valence-corrected chi connectivity index (χ2v) is 11.0. The van der Waals surface area contributed by atoms with Crippen LogP contribution in [0.5, 0.6) is 5.75 Å². The lowest BCUT2D eigenvalue weighted by molar-refractivity contribution is 0.0943. The molecule has 1 aromatic carbocycles. The normalized spacial score (nSPS) is 16.7. The predicted molar refractivity (Wildman–Crippen MR) is 124 cm³/mol. The van der Waals surface area contributed by atoms with Crippen LogP contribution in [0.25, 0.3) is 5.65 Å². The molecule has 6 nitrogen and oxygen atoms in total. The van der Waals surface area contributed by atoms with Gasteiger partial charge in [0.25, 0.3) is 5.91 Å². The Labute approximate surface area is 186 Å². The summed E-state index contributed by atoms with van der Waals surface area (Å²) in [5.74, 6) is 0.973. The average molecular weight is 435 g/mol. The summed E-state index contributed by atoms with van der Waals surface area (Å²) in [6, 6.07) is 8.07. The fourth-order valence-electron chi connectivity index (χ4n) is 4.32. The van der Waals surface area contributed by atoms with E-state index in [9.17, 15) is 4.79 Å². The van der Waals surface area contributed by atoms with Gasteiger partial charge in [-0.25, -0.2) is 9.50 Å². The molecule has 0 aliphatic carbocycles. The summed E-state index contributed by atoms with van der Waals surface area (Å²) in [7, 11) is 0.463. The molecule has 0 bridgehead atoms. The molecule has 31 heavy (non-hydrogen) atoms. The minimum atomic E-state index is -0.0939. The highest BCUT2D eigenvalue weighted by atomic mass is 28.2. The third-order valence-electron chi connectivity index (χ3n) is 5.58. The first-order chi connectivity index (χ1) is 14.7. The van der Waals surface area contributed by atoms with E-state index < -0.39 is 0 Å². The molecule has 1 aliphatic rings. The Morgan fingerprint density at radius 2 is 2.03 bits per heavy atom. The maximum atomic E-state index is 13.4. The molecular weight excluding hydrogens is 404 g/mol. The molecule has 2 radical (unpaired) electrons. The molecule has 1 N–H and O–H groups in total. The van der Waals surface area contributed by atoms with Crippen LogP contribution in [-0.2, 0) is 5.41 Å². The number of amides is 1. The summed E-state index contributed by atoms with van der Waals surface area (Å²) in [6.07, 6.45) is 2.49. The van der Waals surface area contributed by atoms with Crippen molar-refractivity contribution in [2.75, 3.05) is 6.61 Å². The van der Waals surface area contributed by atoms with Gasteiger partial charge in [0.1, 0.15) is 15.3 Å². The van der Waals surface area contributed by atoms with Crippen molar-refractivity contribution in [1.82, 2.24) is 19.9 Å². The summed E-state index contributed by atoms with van der Waals surface area (Å²) >= 11 is 0. The van der Waals surface area contributed by atoms with E-state index in [0.29, 0.717) is 21.7 Å². The Morgan fingerprint density at radius 1 is 1.29 bits per heavy atom.